The number of aryl methyl sites for hydroxylation is 1. The van der Waals surface area contributed by atoms with Gasteiger partial charge >= 0.3 is 5.97 Å². The van der Waals surface area contributed by atoms with Crippen LogP contribution in [0.1, 0.15) is 38.8 Å². The van der Waals surface area contributed by atoms with E-state index in [0.717, 1.165) is 11.6 Å². The van der Waals surface area contributed by atoms with Gasteiger partial charge in [0.2, 0.25) is 0 Å². The fraction of sp³-hybridized carbons (Fsp3) is 0.727. The van der Waals surface area contributed by atoms with Crippen LogP contribution in [-0.4, -0.2) is 25.8 Å². The van der Waals surface area contributed by atoms with Gasteiger partial charge in [-0.2, -0.15) is 5.10 Å². The zero-order valence-corrected chi connectivity index (χ0v) is 9.90. The van der Waals surface area contributed by atoms with Gasteiger partial charge in [-0.3, -0.25) is 4.79 Å². The minimum atomic E-state index is -0.738. The summed E-state index contributed by atoms with van der Waals surface area (Å²) < 4.78 is 1.75. The second-order valence-corrected chi connectivity index (χ2v) is 5.36. The Balaban J connectivity index is 2.27. The van der Waals surface area contributed by atoms with E-state index in [0.29, 0.717) is 19.4 Å². The highest BCUT2D eigenvalue weighted by molar-refractivity contribution is 5.70. The third-order valence-corrected chi connectivity index (χ3v) is 2.88. The average molecular weight is 223 g/mol. The molecule has 0 amide bonds. The molecule has 0 aromatic carbocycles. The Hall–Kier alpha value is -1.39. The third kappa shape index (κ3) is 1.94. The molecule has 16 heavy (non-hydrogen) atoms. The van der Waals surface area contributed by atoms with E-state index >= 15 is 0 Å². The van der Waals surface area contributed by atoms with Gasteiger partial charge in [-0.05, 0) is 6.42 Å². The summed E-state index contributed by atoms with van der Waals surface area (Å²) in [5.41, 5.74) is -0.0803. The fourth-order valence-electron chi connectivity index (χ4n) is 1.83. The summed E-state index contributed by atoms with van der Waals surface area (Å²) >= 11 is 0. The minimum absolute atomic E-state index is 0.0803. The van der Waals surface area contributed by atoms with Crippen LogP contribution in [0.5, 0.6) is 0 Å². The number of rotatable bonds is 1. The molecule has 1 atom stereocenters. The molecular weight excluding hydrogens is 206 g/mol. The Morgan fingerprint density at radius 2 is 2.19 bits per heavy atom. The second-order valence-electron chi connectivity index (χ2n) is 5.36. The Morgan fingerprint density at radius 1 is 1.50 bits per heavy atom. The van der Waals surface area contributed by atoms with E-state index in [1.54, 1.807) is 4.68 Å². The van der Waals surface area contributed by atoms with Gasteiger partial charge in [0.1, 0.15) is 5.82 Å². The molecule has 1 aliphatic heterocycles. The molecule has 0 fully saturated rings. The molecule has 2 rings (SSSR count). The highest BCUT2D eigenvalue weighted by Crippen LogP contribution is 2.23. The smallest absolute Gasteiger partial charge is 0.308 e. The van der Waals surface area contributed by atoms with Crippen LogP contribution < -0.4 is 0 Å². The highest BCUT2D eigenvalue weighted by atomic mass is 16.4. The summed E-state index contributed by atoms with van der Waals surface area (Å²) in [7, 11) is 0. The van der Waals surface area contributed by atoms with E-state index in [-0.39, 0.29) is 11.3 Å². The molecule has 0 aliphatic carbocycles. The summed E-state index contributed by atoms with van der Waals surface area (Å²) in [5.74, 6) is 0.663. The first-order chi connectivity index (χ1) is 7.38. The molecule has 0 spiro atoms. The summed E-state index contributed by atoms with van der Waals surface area (Å²) in [6, 6.07) is 0. The van der Waals surface area contributed by atoms with Gasteiger partial charge in [-0.15, -0.1) is 0 Å². The molecule has 1 N–H and O–H groups in total. The quantitative estimate of drug-likeness (QED) is 0.777. The Bertz CT molecular complexity index is 417. The van der Waals surface area contributed by atoms with Crippen molar-refractivity contribution in [3.63, 3.8) is 0 Å². The molecule has 1 aromatic heterocycles. The van der Waals surface area contributed by atoms with Crippen molar-refractivity contribution in [2.75, 3.05) is 0 Å². The van der Waals surface area contributed by atoms with E-state index in [1.807, 2.05) is 0 Å². The maximum atomic E-state index is 10.9. The molecule has 1 aromatic rings. The van der Waals surface area contributed by atoms with Crippen LogP contribution in [0.4, 0.5) is 0 Å². The maximum absolute atomic E-state index is 10.9. The number of hydrogen-bond acceptors (Lipinski definition) is 3. The van der Waals surface area contributed by atoms with Crippen molar-refractivity contribution >= 4 is 5.97 Å². The Kier molecular flexibility index (Phi) is 2.48. The number of aliphatic carboxylic acids is 1. The van der Waals surface area contributed by atoms with Crippen LogP contribution in [-0.2, 0) is 23.2 Å². The summed E-state index contributed by atoms with van der Waals surface area (Å²) in [6.07, 6.45) is 1.37. The van der Waals surface area contributed by atoms with Crippen LogP contribution in [0, 0.1) is 5.92 Å². The van der Waals surface area contributed by atoms with Gasteiger partial charge in [0, 0.05) is 11.8 Å². The van der Waals surface area contributed by atoms with Gasteiger partial charge in [0.05, 0.1) is 12.5 Å². The number of carbonyl (C=O) groups is 1. The standard InChI is InChI=1S/C11H17N3O2/c1-11(2,3)10-12-8-5-4-7(9(15)16)6-14(8)13-10/h7H,4-6H2,1-3H3,(H,15,16). The molecule has 0 saturated heterocycles. The number of carboxylic acid groups (broad SMARTS) is 1. The highest BCUT2D eigenvalue weighted by Gasteiger charge is 2.29. The summed E-state index contributed by atoms with van der Waals surface area (Å²) in [4.78, 5) is 15.4. The lowest BCUT2D eigenvalue weighted by atomic mass is 9.96. The molecular formula is C11H17N3O2. The van der Waals surface area contributed by atoms with E-state index in [9.17, 15) is 4.79 Å². The zero-order chi connectivity index (χ0) is 11.9. The van der Waals surface area contributed by atoms with Crippen LogP contribution >= 0.6 is 0 Å². The largest absolute Gasteiger partial charge is 0.481 e. The van der Waals surface area contributed by atoms with Crippen molar-refractivity contribution in [3.05, 3.63) is 11.6 Å². The van der Waals surface area contributed by atoms with E-state index in [1.165, 1.54) is 0 Å². The fourth-order valence-corrected chi connectivity index (χ4v) is 1.83. The van der Waals surface area contributed by atoms with Crippen LogP contribution in [0.25, 0.3) is 0 Å². The van der Waals surface area contributed by atoms with Gasteiger partial charge in [0.15, 0.2) is 5.82 Å². The van der Waals surface area contributed by atoms with E-state index < -0.39 is 5.97 Å². The van der Waals surface area contributed by atoms with Gasteiger partial charge in [0.25, 0.3) is 0 Å². The Morgan fingerprint density at radius 3 is 2.75 bits per heavy atom. The van der Waals surface area contributed by atoms with Crippen LogP contribution in [0.15, 0.2) is 0 Å². The predicted molar refractivity (Wildman–Crippen MR) is 58.2 cm³/mol. The van der Waals surface area contributed by atoms with Crippen molar-refractivity contribution in [2.45, 2.75) is 45.6 Å². The monoisotopic (exact) mass is 223 g/mol. The molecule has 88 valence electrons. The van der Waals surface area contributed by atoms with E-state index in [4.69, 9.17) is 5.11 Å². The molecule has 0 bridgehead atoms. The zero-order valence-electron chi connectivity index (χ0n) is 9.90. The molecule has 5 heteroatoms. The molecule has 0 saturated carbocycles. The molecule has 1 aliphatic rings. The topological polar surface area (TPSA) is 68.0 Å². The first-order valence-electron chi connectivity index (χ1n) is 5.55. The number of carboxylic acids is 1. The van der Waals surface area contributed by atoms with Gasteiger partial charge in [-0.25, -0.2) is 9.67 Å². The lowest BCUT2D eigenvalue weighted by Crippen LogP contribution is -2.27. The van der Waals surface area contributed by atoms with Crippen molar-refractivity contribution in [1.82, 2.24) is 14.8 Å². The summed E-state index contributed by atoms with van der Waals surface area (Å²) in [5, 5.41) is 13.4. The number of fused-ring (bicyclic) bond motifs is 1. The first kappa shape index (κ1) is 11.1. The molecule has 1 unspecified atom stereocenters. The molecule has 0 radical (unpaired) electrons. The molecule has 2 heterocycles. The summed E-state index contributed by atoms with van der Waals surface area (Å²) in [6.45, 7) is 6.63. The van der Waals surface area contributed by atoms with Crippen molar-refractivity contribution in [1.29, 1.82) is 0 Å². The molecule has 5 nitrogen and oxygen atoms in total. The van der Waals surface area contributed by atoms with Crippen LogP contribution in [0.3, 0.4) is 0 Å². The number of nitrogens with zero attached hydrogens (tertiary/aromatic N) is 3. The van der Waals surface area contributed by atoms with Gasteiger partial charge < -0.3 is 5.11 Å². The normalized spacial score (nSPS) is 20.6. The third-order valence-electron chi connectivity index (χ3n) is 2.88. The first-order valence-corrected chi connectivity index (χ1v) is 5.55. The predicted octanol–water partition coefficient (Wildman–Crippen LogP) is 1.22. The van der Waals surface area contributed by atoms with Gasteiger partial charge in [-0.1, -0.05) is 20.8 Å². The second kappa shape index (κ2) is 3.57. The van der Waals surface area contributed by atoms with Crippen LogP contribution in [0.2, 0.25) is 0 Å². The maximum Gasteiger partial charge on any atom is 0.308 e. The van der Waals surface area contributed by atoms with Crippen molar-refractivity contribution in [2.24, 2.45) is 5.92 Å². The minimum Gasteiger partial charge on any atom is -0.481 e. The van der Waals surface area contributed by atoms with E-state index in [2.05, 4.69) is 30.9 Å². The number of aromatic nitrogens is 3. The Labute approximate surface area is 94.5 Å². The van der Waals surface area contributed by atoms with Crippen molar-refractivity contribution < 1.29 is 9.90 Å². The SMILES string of the molecule is CC(C)(C)c1nc2n(n1)CC(C(=O)O)CC2. The lowest BCUT2D eigenvalue weighted by Gasteiger charge is -2.18. The lowest BCUT2D eigenvalue weighted by molar-refractivity contribution is -0.142. The van der Waals surface area contributed by atoms with Crippen molar-refractivity contribution in [3.8, 4) is 0 Å². The number of hydrogen-bond donors (Lipinski definition) is 1. The average Bonchev–Trinajstić information content (AvgIpc) is 2.58.